The number of hydrogen-bond donors (Lipinski definition) is 1. The molecule has 1 aromatic carbocycles. The van der Waals surface area contributed by atoms with Crippen LogP contribution >= 0.6 is 0 Å². The van der Waals surface area contributed by atoms with Crippen LogP contribution in [-0.4, -0.2) is 23.0 Å². The van der Waals surface area contributed by atoms with E-state index in [4.69, 9.17) is 14.6 Å². The molecule has 0 amide bonds. The van der Waals surface area contributed by atoms with Gasteiger partial charge in [-0.3, -0.25) is 0 Å². The van der Waals surface area contributed by atoms with E-state index in [1.807, 2.05) is 0 Å². The van der Waals surface area contributed by atoms with Gasteiger partial charge in [-0.15, -0.1) is 0 Å². The zero-order chi connectivity index (χ0) is 14.4. The van der Waals surface area contributed by atoms with Crippen LogP contribution < -0.4 is 9.47 Å². The van der Waals surface area contributed by atoms with Crippen LogP contribution in [0.2, 0.25) is 0 Å². The summed E-state index contributed by atoms with van der Waals surface area (Å²) < 4.78 is 9.55. The van der Waals surface area contributed by atoms with E-state index in [9.17, 15) is 14.4 Å². The summed E-state index contributed by atoms with van der Waals surface area (Å²) in [4.78, 5) is 33.0. The highest BCUT2D eigenvalue weighted by atomic mass is 16.5. The smallest absolute Gasteiger partial charge is 0.335 e. The molecular formula is C13H10O6. The summed E-state index contributed by atoms with van der Waals surface area (Å²) in [7, 11) is 0. The minimum absolute atomic E-state index is 0.0725. The molecule has 19 heavy (non-hydrogen) atoms. The number of carboxylic acids is 1. The van der Waals surface area contributed by atoms with Gasteiger partial charge in [-0.2, -0.15) is 0 Å². The minimum atomic E-state index is -1.26. The molecule has 0 heterocycles. The summed E-state index contributed by atoms with van der Waals surface area (Å²) in [5, 5.41) is 8.90. The number of ether oxygens (including phenoxy) is 2. The van der Waals surface area contributed by atoms with E-state index in [2.05, 4.69) is 13.2 Å². The molecule has 6 heteroatoms. The lowest BCUT2D eigenvalue weighted by molar-refractivity contribution is -0.129. The molecule has 0 aromatic heterocycles. The summed E-state index contributed by atoms with van der Waals surface area (Å²) in [6.45, 7) is 6.42. The number of esters is 2. The first-order valence-electron chi connectivity index (χ1n) is 5.03. The number of rotatable bonds is 5. The van der Waals surface area contributed by atoms with Crippen molar-refractivity contribution in [3.8, 4) is 11.5 Å². The Morgan fingerprint density at radius 1 is 0.947 bits per heavy atom. The Balaban J connectivity index is 3.13. The zero-order valence-electron chi connectivity index (χ0n) is 9.79. The van der Waals surface area contributed by atoms with Crippen molar-refractivity contribution >= 4 is 17.9 Å². The van der Waals surface area contributed by atoms with Crippen LogP contribution in [0.4, 0.5) is 0 Å². The van der Waals surface area contributed by atoms with Gasteiger partial charge in [0, 0.05) is 18.2 Å². The first-order valence-corrected chi connectivity index (χ1v) is 5.03. The SMILES string of the molecule is C=CC(=O)Oc1cc(OC(=O)C=C)cc(C(=O)O)c1. The summed E-state index contributed by atoms with van der Waals surface area (Å²) in [6, 6.07) is 3.44. The van der Waals surface area contributed by atoms with Crippen molar-refractivity contribution in [2.75, 3.05) is 0 Å². The highest BCUT2D eigenvalue weighted by Crippen LogP contribution is 2.23. The average Bonchev–Trinajstić information content (AvgIpc) is 2.37. The molecule has 0 aliphatic rings. The normalized spacial score (nSPS) is 9.26. The van der Waals surface area contributed by atoms with Crippen LogP contribution in [0.5, 0.6) is 11.5 Å². The first kappa shape index (κ1) is 14.2. The fourth-order valence-corrected chi connectivity index (χ4v) is 1.13. The topological polar surface area (TPSA) is 89.9 Å². The van der Waals surface area contributed by atoms with Gasteiger partial charge in [0.1, 0.15) is 11.5 Å². The number of carboxylic acid groups (broad SMARTS) is 1. The molecule has 0 spiro atoms. The molecule has 1 N–H and O–H groups in total. The van der Waals surface area contributed by atoms with Gasteiger partial charge in [-0.25, -0.2) is 14.4 Å². The van der Waals surface area contributed by atoms with Gasteiger partial charge in [-0.1, -0.05) is 13.2 Å². The molecule has 0 radical (unpaired) electrons. The van der Waals surface area contributed by atoms with Crippen molar-refractivity contribution in [1.82, 2.24) is 0 Å². The molecular weight excluding hydrogens is 252 g/mol. The lowest BCUT2D eigenvalue weighted by atomic mass is 10.2. The van der Waals surface area contributed by atoms with E-state index in [0.717, 1.165) is 24.3 Å². The second-order valence-electron chi connectivity index (χ2n) is 3.25. The molecule has 0 aliphatic carbocycles. The molecule has 0 fully saturated rings. The van der Waals surface area contributed by atoms with Crippen LogP contribution in [0.1, 0.15) is 10.4 Å². The summed E-state index contributed by atoms with van der Waals surface area (Å²) >= 11 is 0. The molecule has 0 bridgehead atoms. The number of aromatic carboxylic acids is 1. The van der Waals surface area contributed by atoms with Gasteiger partial charge in [-0.05, 0) is 12.1 Å². The molecule has 0 atom stereocenters. The fourth-order valence-electron chi connectivity index (χ4n) is 1.13. The second kappa shape index (κ2) is 6.15. The van der Waals surface area contributed by atoms with E-state index in [1.165, 1.54) is 6.07 Å². The van der Waals surface area contributed by atoms with Crippen molar-refractivity contribution in [3.05, 3.63) is 49.1 Å². The largest absolute Gasteiger partial charge is 0.478 e. The van der Waals surface area contributed by atoms with Gasteiger partial charge in [0.2, 0.25) is 0 Å². The lowest BCUT2D eigenvalue weighted by Crippen LogP contribution is -2.07. The lowest BCUT2D eigenvalue weighted by Gasteiger charge is -2.07. The predicted octanol–water partition coefficient (Wildman–Crippen LogP) is 1.57. The summed E-state index contributed by atoms with van der Waals surface area (Å²) in [5.74, 6) is -2.92. The molecule has 0 saturated heterocycles. The molecule has 1 aromatic rings. The first-order chi connectivity index (χ1) is 8.96. The molecule has 0 saturated carbocycles. The van der Waals surface area contributed by atoms with E-state index in [-0.39, 0.29) is 17.1 Å². The predicted molar refractivity (Wildman–Crippen MR) is 65.1 cm³/mol. The van der Waals surface area contributed by atoms with Crippen molar-refractivity contribution in [1.29, 1.82) is 0 Å². The Labute approximate surface area is 108 Å². The average molecular weight is 262 g/mol. The van der Waals surface area contributed by atoms with Gasteiger partial charge in [0.15, 0.2) is 0 Å². The Kier molecular flexibility index (Phi) is 4.59. The van der Waals surface area contributed by atoms with Crippen LogP contribution in [-0.2, 0) is 9.59 Å². The highest BCUT2D eigenvalue weighted by molar-refractivity contribution is 5.90. The third-order valence-electron chi connectivity index (χ3n) is 1.90. The zero-order valence-corrected chi connectivity index (χ0v) is 9.79. The van der Waals surface area contributed by atoms with Gasteiger partial charge in [0.25, 0.3) is 0 Å². The van der Waals surface area contributed by atoms with Crippen molar-refractivity contribution in [2.45, 2.75) is 0 Å². The maximum absolute atomic E-state index is 11.0. The summed E-state index contributed by atoms with van der Waals surface area (Å²) in [6.07, 6.45) is 1.84. The van der Waals surface area contributed by atoms with Gasteiger partial charge < -0.3 is 14.6 Å². The van der Waals surface area contributed by atoms with E-state index >= 15 is 0 Å². The molecule has 1 rings (SSSR count). The number of benzene rings is 1. The Morgan fingerprint density at radius 2 is 1.37 bits per heavy atom. The maximum Gasteiger partial charge on any atom is 0.335 e. The van der Waals surface area contributed by atoms with E-state index in [0.29, 0.717) is 0 Å². The molecule has 98 valence electrons. The Hall–Kier alpha value is -2.89. The van der Waals surface area contributed by atoms with Crippen LogP contribution in [0.15, 0.2) is 43.5 Å². The van der Waals surface area contributed by atoms with Gasteiger partial charge >= 0.3 is 17.9 Å². The Morgan fingerprint density at radius 3 is 1.68 bits per heavy atom. The Bertz CT molecular complexity index is 518. The minimum Gasteiger partial charge on any atom is -0.478 e. The fraction of sp³-hybridized carbons (Fsp3) is 0. The number of carbonyl (C=O) groups is 3. The second-order valence-corrected chi connectivity index (χ2v) is 3.25. The van der Waals surface area contributed by atoms with Crippen molar-refractivity contribution < 1.29 is 29.0 Å². The van der Waals surface area contributed by atoms with Crippen LogP contribution in [0.25, 0.3) is 0 Å². The molecule has 6 nitrogen and oxygen atoms in total. The standard InChI is InChI=1S/C13H10O6/c1-3-11(14)18-9-5-8(13(16)17)6-10(7-9)19-12(15)4-2/h3-7H,1-2H2,(H,16,17). The van der Waals surface area contributed by atoms with Crippen LogP contribution in [0.3, 0.4) is 0 Å². The third kappa shape index (κ3) is 4.12. The van der Waals surface area contributed by atoms with Crippen molar-refractivity contribution in [2.24, 2.45) is 0 Å². The monoisotopic (exact) mass is 262 g/mol. The van der Waals surface area contributed by atoms with E-state index < -0.39 is 17.9 Å². The molecule has 0 unspecified atom stereocenters. The highest BCUT2D eigenvalue weighted by Gasteiger charge is 2.12. The van der Waals surface area contributed by atoms with Gasteiger partial charge in [0.05, 0.1) is 5.56 Å². The molecule has 0 aliphatic heterocycles. The number of hydrogen-bond acceptors (Lipinski definition) is 5. The third-order valence-corrected chi connectivity index (χ3v) is 1.90. The quantitative estimate of drug-likeness (QED) is 0.492. The van der Waals surface area contributed by atoms with Crippen molar-refractivity contribution in [3.63, 3.8) is 0 Å². The number of carbonyl (C=O) groups excluding carboxylic acids is 2. The summed E-state index contributed by atoms with van der Waals surface area (Å²) in [5.41, 5.74) is -0.193. The maximum atomic E-state index is 11.0. The van der Waals surface area contributed by atoms with Crippen LogP contribution in [0, 0.1) is 0 Å². The van der Waals surface area contributed by atoms with E-state index in [1.54, 1.807) is 0 Å².